The minimum atomic E-state index is -0.264. The van der Waals surface area contributed by atoms with E-state index in [1.807, 2.05) is 12.1 Å². The van der Waals surface area contributed by atoms with E-state index in [1.165, 1.54) is 16.0 Å². The second kappa shape index (κ2) is 9.05. The van der Waals surface area contributed by atoms with E-state index in [4.69, 9.17) is 4.74 Å². The van der Waals surface area contributed by atoms with Crippen molar-refractivity contribution in [1.82, 2.24) is 9.80 Å². The normalized spacial score (nSPS) is 17.4. The zero-order valence-electron chi connectivity index (χ0n) is 16.5. The van der Waals surface area contributed by atoms with E-state index in [1.54, 1.807) is 18.2 Å². The standard InChI is InChI=1S/C24H26N2O3/c27-23-18-29-22-11-5-4-10-21(22)24(28)26(23)15-7-6-14-25-16-12-20(13-17-25)19-8-2-1-3-9-19/h1-5,8-12H,6-7,13-18H2. The molecule has 0 atom stereocenters. The fraction of sp³-hybridized carbons (Fsp3) is 0.333. The van der Waals surface area contributed by atoms with Crippen LogP contribution in [0, 0.1) is 0 Å². The molecule has 5 heteroatoms. The van der Waals surface area contributed by atoms with Crippen molar-refractivity contribution in [3.63, 3.8) is 0 Å². The Balaban J connectivity index is 1.26. The lowest BCUT2D eigenvalue weighted by Crippen LogP contribution is -2.39. The van der Waals surface area contributed by atoms with Gasteiger partial charge in [-0.05, 0) is 49.1 Å². The molecule has 5 nitrogen and oxygen atoms in total. The molecule has 2 aliphatic rings. The third-order valence-corrected chi connectivity index (χ3v) is 5.56. The van der Waals surface area contributed by atoms with Gasteiger partial charge in [-0.15, -0.1) is 0 Å². The molecule has 0 spiro atoms. The van der Waals surface area contributed by atoms with E-state index in [9.17, 15) is 9.59 Å². The monoisotopic (exact) mass is 390 g/mol. The van der Waals surface area contributed by atoms with Gasteiger partial charge in [-0.3, -0.25) is 19.4 Å². The van der Waals surface area contributed by atoms with Gasteiger partial charge in [-0.1, -0.05) is 48.5 Å². The Kier molecular flexibility index (Phi) is 6.06. The van der Waals surface area contributed by atoms with Crippen LogP contribution in [-0.2, 0) is 4.79 Å². The summed E-state index contributed by atoms with van der Waals surface area (Å²) in [7, 11) is 0. The Hall–Kier alpha value is -2.92. The Morgan fingerprint density at radius 3 is 2.45 bits per heavy atom. The highest BCUT2D eigenvalue weighted by atomic mass is 16.5. The number of rotatable bonds is 6. The molecular formula is C24H26N2O3. The molecule has 0 bridgehead atoms. The Morgan fingerprint density at radius 1 is 0.897 bits per heavy atom. The number of carbonyl (C=O) groups excluding carboxylic acids is 2. The molecule has 0 aliphatic carbocycles. The highest BCUT2D eigenvalue weighted by Crippen LogP contribution is 2.24. The first kappa shape index (κ1) is 19.4. The Bertz CT molecular complexity index is 907. The van der Waals surface area contributed by atoms with Crippen molar-refractivity contribution in [1.29, 1.82) is 0 Å². The van der Waals surface area contributed by atoms with Crippen LogP contribution in [0.3, 0.4) is 0 Å². The lowest BCUT2D eigenvalue weighted by molar-refractivity contribution is -0.130. The van der Waals surface area contributed by atoms with Gasteiger partial charge in [-0.2, -0.15) is 0 Å². The molecule has 2 aliphatic heterocycles. The van der Waals surface area contributed by atoms with Gasteiger partial charge in [0.25, 0.3) is 11.8 Å². The van der Waals surface area contributed by atoms with Crippen molar-refractivity contribution < 1.29 is 14.3 Å². The maximum absolute atomic E-state index is 12.7. The van der Waals surface area contributed by atoms with Gasteiger partial charge in [0.2, 0.25) is 0 Å². The summed E-state index contributed by atoms with van der Waals surface area (Å²) in [5, 5.41) is 0. The van der Waals surface area contributed by atoms with Gasteiger partial charge >= 0.3 is 0 Å². The number of amides is 2. The maximum Gasteiger partial charge on any atom is 0.267 e. The topological polar surface area (TPSA) is 49.9 Å². The van der Waals surface area contributed by atoms with Crippen LogP contribution in [0.2, 0.25) is 0 Å². The third kappa shape index (κ3) is 4.57. The first-order chi connectivity index (χ1) is 14.2. The van der Waals surface area contributed by atoms with Crippen LogP contribution in [0.4, 0.5) is 0 Å². The number of ether oxygens (including phenoxy) is 1. The van der Waals surface area contributed by atoms with E-state index in [0.717, 1.165) is 38.9 Å². The molecule has 2 aromatic rings. The summed E-state index contributed by atoms with van der Waals surface area (Å²) in [5.74, 6) is -0.0289. The average molecular weight is 390 g/mol. The summed E-state index contributed by atoms with van der Waals surface area (Å²) in [6, 6.07) is 17.6. The van der Waals surface area contributed by atoms with Gasteiger partial charge in [0.1, 0.15) is 5.75 Å². The molecule has 4 rings (SSSR count). The Labute approximate surface area is 171 Å². The van der Waals surface area contributed by atoms with Gasteiger partial charge in [0, 0.05) is 19.6 Å². The van der Waals surface area contributed by atoms with Gasteiger partial charge < -0.3 is 4.74 Å². The number of hydrogen-bond acceptors (Lipinski definition) is 4. The first-order valence-corrected chi connectivity index (χ1v) is 10.3. The summed E-state index contributed by atoms with van der Waals surface area (Å²) < 4.78 is 5.48. The van der Waals surface area contributed by atoms with Crippen molar-refractivity contribution >= 4 is 17.4 Å². The lowest BCUT2D eigenvalue weighted by atomic mass is 9.99. The highest BCUT2D eigenvalue weighted by molar-refractivity contribution is 6.07. The molecular weight excluding hydrogens is 364 g/mol. The van der Waals surface area contributed by atoms with Crippen molar-refractivity contribution in [2.75, 3.05) is 32.8 Å². The zero-order chi connectivity index (χ0) is 20.1. The van der Waals surface area contributed by atoms with Gasteiger partial charge in [0.15, 0.2) is 6.61 Å². The molecule has 150 valence electrons. The number of nitrogens with zero attached hydrogens (tertiary/aromatic N) is 2. The largest absolute Gasteiger partial charge is 0.483 e. The van der Waals surface area contributed by atoms with Crippen molar-refractivity contribution in [2.24, 2.45) is 0 Å². The Morgan fingerprint density at radius 2 is 1.66 bits per heavy atom. The predicted octanol–water partition coefficient (Wildman–Crippen LogP) is 3.62. The second-order valence-corrected chi connectivity index (χ2v) is 7.49. The van der Waals surface area contributed by atoms with Crippen LogP contribution in [0.5, 0.6) is 5.75 Å². The van der Waals surface area contributed by atoms with E-state index in [-0.39, 0.29) is 18.4 Å². The third-order valence-electron chi connectivity index (χ3n) is 5.56. The van der Waals surface area contributed by atoms with Gasteiger partial charge in [-0.25, -0.2) is 0 Å². The summed E-state index contributed by atoms with van der Waals surface area (Å²) in [5.41, 5.74) is 3.20. The molecule has 0 saturated carbocycles. The molecule has 2 aromatic carbocycles. The molecule has 2 heterocycles. The quantitative estimate of drug-likeness (QED) is 0.558. The van der Waals surface area contributed by atoms with Crippen LogP contribution in [0.1, 0.15) is 35.2 Å². The minimum absolute atomic E-state index is 0.0814. The predicted molar refractivity (Wildman–Crippen MR) is 113 cm³/mol. The fourth-order valence-corrected chi connectivity index (χ4v) is 3.91. The number of fused-ring (bicyclic) bond motifs is 1. The van der Waals surface area contributed by atoms with Crippen LogP contribution in [0.25, 0.3) is 5.57 Å². The van der Waals surface area contributed by atoms with Crippen LogP contribution >= 0.6 is 0 Å². The minimum Gasteiger partial charge on any atom is -0.483 e. The first-order valence-electron chi connectivity index (χ1n) is 10.3. The van der Waals surface area contributed by atoms with E-state index in [0.29, 0.717) is 17.9 Å². The van der Waals surface area contributed by atoms with Crippen LogP contribution in [0.15, 0.2) is 60.7 Å². The second-order valence-electron chi connectivity index (χ2n) is 7.49. The zero-order valence-corrected chi connectivity index (χ0v) is 16.5. The maximum atomic E-state index is 12.7. The van der Waals surface area contributed by atoms with Crippen LogP contribution < -0.4 is 4.74 Å². The number of hydrogen-bond donors (Lipinski definition) is 0. The van der Waals surface area contributed by atoms with E-state index >= 15 is 0 Å². The molecule has 0 fully saturated rings. The molecule has 0 unspecified atom stereocenters. The fourth-order valence-electron chi connectivity index (χ4n) is 3.91. The number of para-hydroxylation sites is 1. The molecule has 2 amide bonds. The van der Waals surface area contributed by atoms with Crippen LogP contribution in [-0.4, -0.2) is 54.4 Å². The summed E-state index contributed by atoms with van der Waals surface area (Å²) in [4.78, 5) is 28.8. The SMILES string of the molecule is O=C1COc2ccccc2C(=O)N1CCCCN1CC=C(c2ccccc2)CC1. The van der Waals surface area contributed by atoms with Crippen molar-refractivity contribution in [3.05, 3.63) is 71.8 Å². The molecule has 29 heavy (non-hydrogen) atoms. The average Bonchev–Trinajstić information content (AvgIpc) is 2.89. The van der Waals surface area contributed by atoms with E-state index < -0.39 is 0 Å². The van der Waals surface area contributed by atoms with Crippen molar-refractivity contribution in [3.8, 4) is 5.75 Å². The number of imide groups is 1. The summed E-state index contributed by atoms with van der Waals surface area (Å²) >= 11 is 0. The molecule has 0 saturated heterocycles. The van der Waals surface area contributed by atoms with Crippen molar-refractivity contribution in [2.45, 2.75) is 19.3 Å². The summed E-state index contributed by atoms with van der Waals surface area (Å²) in [6.45, 7) is 3.33. The molecule has 0 radical (unpaired) electrons. The molecule has 0 N–H and O–H groups in total. The smallest absolute Gasteiger partial charge is 0.267 e. The number of benzene rings is 2. The summed E-state index contributed by atoms with van der Waals surface area (Å²) in [6.07, 6.45) is 5.12. The lowest BCUT2D eigenvalue weighted by Gasteiger charge is -2.27. The van der Waals surface area contributed by atoms with Gasteiger partial charge in [0.05, 0.1) is 5.56 Å². The molecule has 0 aromatic heterocycles. The number of unbranched alkanes of at least 4 members (excludes halogenated alkanes) is 1. The number of carbonyl (C=O) groups is 2. The highest BCUT2D eigenvalue weighted by Gasteiger charge is 2.28. The van der Waals surface area contributed by atoms with E-state index in [2.05, 4.69) is 35.2 Å².